The van der Waals surface area contributed by atoms with Gasteiger partial charge >= 0.3 is 11.9 Å². The van der Waals surface area contributed by atoms with Crippen LogP contribution in [0.4, 0.5) is 13.2 Å². The van der Waals surface area contributed by atoms with Gasteiger partial charge in [0.05, 0.1) is 10.3 Å². The smallest absolute Gasteiger partial charge is 0.297 e. The van der Waals surface area contributed by atoms with Crippen molar-refractivity contribution in [3.05, 3.63) is 31.3 Å². The van der Waals surface area contributed by atoms with Crippen molar-refractivity contribution < 1.29 is 18.0 Å². The van der Waals surface area contributed by atoms with E-state index >= 15 is 0 Å². The first-order valence-electron chi connectivity index (χ1n) is 6.96. The summed E-state index contributed by atoms with van der Waals surface area (Å²) in [5.41, 5.74) is -1.25. The fraction of sp³-hybridized carbons (Fsp3) is 0.500. The Labute approximate surface area is 132 Å². The molecule has 0 spiro atoms. The minimum absolute atomic E-state index is 0.0278. The fourth-order valence-electron chi connectivity index (χ4n) is 2.77. The maximum absolute atomic E-state index is 12.9. The lowest BCUT2D eigenvalue weighted by Crippen LogP contribution is -2.41. The van der Waals surface area contributed by atoms with Crippen molar-refractivity contribution in [3.8, 4) is 0 Å². The molecule has 1 aliphatic carbocycles. The SMILES string of the molecule is Cc1c(C=O)sc2c1c(=O)n(C1CC1C)c(=O)n2CC(F)(F)F. The normalized spacial score (nSPS) is 20.9. The number of thiophene rings is 1. The third-order valence-electron chi connectivity index (χ3n) is 4.12. The van der Waals surface area contributed by atoms with E-state index < -0.39 is 24.0 Å². The van der Waals surface area contributed by atoms with Gasteiger partial charge < -0.3 is 0 Å². The fourth-order valence-corrected chi connectivity index (χ4v) is 3.87. The average Bonchev–Trinajstić information content (AvgIpc) is 3.04. The molecule has 2 heterocycles. The van der Waals surface area contributed by atoms with Crippen molar-refractivity contribution in [3.63, 3.8) is 0 Å². The first kappa shape index (κ1) is 16.0. The maximum atomic E-state index is 12.9. The van der Waals surface area contributed by atoms with Crippen LogP contribution in [0, 0.1) is 12.8 Å². The summed E-state index contributed by atoms with van der Waals surface area (Å²) in [5, 5.41) is 0.0278. The van der Waals surface area contributed by atoms with Crippen LogP contribution in [0.25, 0.3) is 10.2 Å². The summed E-state index contributed by atoms with van der Waals surface area (Å²) in [6.45, 7) is 1.85. The molecule has 1 aliphatic rings. The number of aromatic nitrogens is 2. The van der Waals surface area contributed by atoms with E-state index in [4.69, 9.17) is 0 Å². The molecule has 0 radical (unpaired) electrons. The molecule has 0 aliphatic heterocycles. The lowest BCUT2D eigenvalue weighted by atomic mass is 10.2. The molecule has 3 rings (SSSR count). The molecule has 0 aromatic carbocycles. The highest BCUT2D eigenvalue weighted by molar-refractivity contribution is 7.20. The lowest BCUT2D eigenvalue weighted by Gasteiger charge is -2.13. The predicted molar refractivity (Wildman–Crippen MR) is 79.3 cm³/mol. The van der Waals surface area contributed by atoms with E-state index in [1.807, 2.05) is 6.92 Å². The summed E-state index contributed by atoms with van der Waals surface area (Å²) < 4.78 is 40.0. The Morgan fingerprint density at radius 1 is 1.35 bits per heavy atom. The first-order valence-corrected chi connectivity index (χ1v) is 7.77. The van der Waals surface area contributed by atoms with Gasteiger partial charge in [0.2, 0.25) is 0 Å². The molecule has 5 nitrogen and oxygen atoms in total. The van der Waals surface area contributed by atoms with Gasteiger partial charge in [-0.1, -0.05) is 6.92 Å². The van der Waals surface area contributed by atoms with Crippen molar-refractivity contribution in [2.75, 3.05) is 0 Å². The van der Waals surface area contributed by atoms with Crippen LogP contribution in [-0.2, 0) is 6.54 Å². The molecular weight excluding hydrogens is 333 g/mol. The number of rotatable bonds is 3. The molecule has 2 unspecified atom stereocenters. The molecule has 2 aromatic rings. The van der Waals surface area contributed by atoms with Crippen LogP contribution in [0.3, 0.4) is 0 Å². The highest BCUT2D eigenvalue weighted by Crippen LogP contribution is 2.41. The number of nitrogens with zero attached hydrogens (tertiary/aromatic N) is 2. The van der Waals surface area contributed by atoms with Gasteiger partial charge in [0.1, 0.15) is 11.4 Å². The molecule has 2 atom stereocenters. The summed E-state index contributed by atoms with van der Waals surface area (Å²) >= 11 is 0.743. The number of halogens is 3. The quantitative estimate of drug-likeness (QED) is 0.802. The van der Waals surface area contributed by atoms with Gasteiger partial charge in [-0.25, -0.2) is 4.79 Å². The van der Waals surface area contributed by atoms with Crippen molar-refractivity contribution in [1.29, 1.82) is 0 Å². The van der Waals surface area contributed by atoms with Gasteiger partial charge in [-0.05, 0) is 24.8 Å². The molecule has 2 aromatic heterocycles. The van der Waals surface area contributed by atoms with Crippen LogP contribution in [0.5, 0.6) is 0 Å². The van der Waals surface area contributed by atoms with E-state index in [0.29, 0.717) is 22.8 Å². The molecule has 124 valence electrons. The zero-order valence-corrected chi connectivity index (χ0v) is 13.1. The van der Waals surface area contributed by atoms with Crippen molar-refractivity contribution in [1.82, 2.24) is 9.13 Å². The first-order chi connectivity index (χ1) is 10.7. The molecule has 0 N–H and O–H groups in total. The van der Waals surface area contributed by atoms with Crippen molar-refractivity contribution >= 4 is 27.8 Å². The van der Waals surface area contributed by atoms with Gasteiger partial charge in [0.15, 0.2) is 6.29 Å². The number of hydrogen-bond acceptors (Lipinski definition) is 4. The van der Waals surface area contributed by atoms with E-state index in [0.717, 1.165) is 15.9 Å². The van der Waals surface area contributed by atoms with Crippen LogP contribution in [-0.4, -0.2) is 21.6 Å². The molecule has 0 bridgehead atoms. The summed E-state index contributed by atoms with van der Waals surface area (Å²) in [5.74, 6) is 0.0710. The zero-order chi connectivity index (χ0) is 17.1. The number of hydrogen-bond donors (Lipinski definition) is 0. The largest absolute Gasteiger partial charge is 0.406 e. The summed E-state index contributed by atoms with van der Waals surface area (Å²) in [6.07, 6.45) is -3.53. The van der Waals surface area contributed by atoms with Crippen molar-refractivity contribution in [2.24, 2.45) is 5.92 Å². The molecule has 9 heteroatoms. The van der Waals surface area contributed by atoms with Gasteiger partial charge in [0, 0.05) is 6.04 Å². The second-order valence-electron chi connectivity index (χ2n) is 5.83. The number of fused-ring (bicyclic) bond motifs is 1. The maximum Gasteiger partial charge on any atom is 0.406 e. The van der Waals surface area contributed by atoms with Gasteiger partial charge in [-0.3, -0.25) is 18.7 Å². The lowest BCUT2D eigenvalue weighted by molar-refractivity contribution is -0.140. The van der Waals surface area contributed by atoms with Crippen LogP contribution in [0.1, 0.15) is 34.6 Å². The van der Waals surface area contributed by atoms with E-state index in [1.165, 1.54) is 6.92 Å². The Morgan fingerprint density at radius 3 is 2.43 bits per heavy atom. The molecular formula is C14H13F3N2O3S. The second-order valence-corrected chi connectivity index (χ2v) is 6.86. The predicted octanol–water partition coefficient (Wildman–Crippen LogP) is 2.49. The van der Waals surface area contributed by atoms with Crippen LogP contribution < -0.4 is 11.2 Å². The Hall–Kier alpha value is -1.90. The molecule has 1 saturated carbocycles. The standard InChI is InChI=1S/C14H13F3N2O3S/c1-6-3-8(6)19-11(21)10-7(2)9(4-20)23-12(10)18(13(19)22)5-14(15,16)17/h4,6,8H,3,5H2,1-2H3. The van der Waals surface area contributed by atoms with Crippen LogP contribution in [0.2, 0.25) is 0 Å². The van der Waals surface area contributed by atoms with Crippen LogP contribution >= 0.6 is 11.3 Å². The number of aryl methyl sites for hydroxylation is 1. The highest BCUT2D eigenvalue weighted by atomic mass is 32.1. The Balaban J connectivity index is 2.42. The number of aldehydes is 1. The third-order valence-corrected chi connectivity index (χ3v) is 5.36. The van der Waals surface area contributed by atoms with Crippen molar-refractivity contribution in [2.45, 2.75) is 39.0 Å². The van der Waals surface area contributed by atoms with Crippen LogP contribution in [0.15, 0.2) is 9.59 Å². The monoisotopic (exact) mass is 346 g/mol. The molecule has 1 fully saturated rings. The van der Waals surface area contributed by atoms with E-state index in [2.05, 4.69) is 0 Å². The minimum Gasteiger partial charge on any atom is -0.297 e. The Bertz CT molecular complexity index is 922. The van der Waals surface area contributed by atoms with E-state index in [1.54, 1.807) is 0 Å². The average molecular weight is 346 g/mol. The van der Waals surface area contributed by atoms with Gasteiger partial charge in [-0.2, -0.15) is 13.2 Å². The molecule has 0 saturated heterocycles. The molecule has 0 amide bonds. The zero-order valence-electron chi connectivity index (χ0n) is 12.3. The number of carbonyl (C=O) groups excluding carboxylic acids is 1. The molecule has 23 heavy (non-hydrogen) atoms. The van der Waals surface area contributed by atoms with Gasteiger partial charge in [-0.15, -0.1) is 11.3 Å². The third kappa shape index (κ3) is 2.52. The summed E-state index contributed by atoms with van der Waals surface area (Å²) in [7, 11) is 0. The van der Waals surface area contributed by atoms with Gasteiger partial charge in [0.25, 0.3) is 5.56 Å². The van der Waals surface area contributed by atoms with E-state index in [-0.39, 0.29) is 27.1 Å². The second kappa shape index (κ2) is 5.05. The Kier molecular flexibility index (Phi) is 3.51. The number of alkyl halides is 3. The Morgan fingerprint density at radius 2 is 1.96 bits per heavy atom. The topological polar surface area (TPSA) is 61.1 Å². The minimum atomic E-state index is -4.60. The highest BCUT2D eigenvalue weighted by Gasteiger charge is 2.39. The van der Waals surface area contributed by atoms with E-state index in [9.17, 15) is 27.6 Å². The summed E-state index contributed by atoms with van der Waals surface area (Å²) in [4.78, 5) is 36.2. The number of carbonyl (C=O) groups is 1. The summed E-state index contributed by atoms with van der Waals surface area (Å²) in [6, 6.07) is -0.377.